The lowest BCUT2D eigenvalue weighted by molar-refractivity contribution is -0.149. The molecule has 24 heavy (non-hydrogen) atoms. The van der Waals surface area contributed by atoms with Gasteiger partial charge in [0.15, 0.2) is 11.4 Å². The summed E-state index contributed by atoms with van der Waals surface area (Å²) in [5.41, 5.74) is -1.06. The first-order valence-corrected chi connectivity index (χ1v) is 9.33. The lowest BCUT2D eigenvalue weighted by atomic mass is 9.97. The summed E-state index contributed by atoms with van der Waals surface area (Å²) in [6, 6.07) is 3.79. The zero-order valence-electron chi connectivity index (χ0n) is 13.7. The number of rotatable bonds is 4. The first kappa shape index (κ1) is 15.7. The van der Waals surface area contributed by atoms with E-state index in [-0.39, 0.29) is 5.92 Å². The number of hydrogen-bond donors (Lipinski definition) is 1. The molecule has 128 valence electrons. The van der Waals surface area contributed by atoms with E-state index in [2.05, 4.69) is 15.4 Å². The summed E-state index contributed by atoms with van der Waals surface area (Å²) in [4.78, 5) is 13.4. The Morgan fingerprint density at radius 1 is 1.42 bits per heavy atom. The Balaban J connectivity index is 1.64. The van der Waals surface area contributed by atoms with Gasteiger partial charge in [-0.15, -0.1) is 15.0 Å². The zero-order valence-corrected chi connectivity index (χ0v) is 14.5. The molecule has 8 heteroatoms. The quantitative estimate of drug-likeness (QED) is 0.906. The van der Waals surface area contributed by atoms with Gasteiger partial charge < -0.3 is 9.52 Å². The van der Waals surface area contributed by atoms with Crippen LogP contribution in [0.2, 0.25) is 0 Å². The molecule has 0 radical (unpaired) electrons. The minimum Gasteiger partial charge on any atom is -0.479 e. The van der Waals surface area contributed by atoms with Gasteiger partial charge in [-0.1, -0.05) is 0 Å². The molecule has 1 aliphatic carbocycles. The van der Waals surface area contributed by atoms with E-state index >= 15 is 0 Å². The van der Waals surface area contributed by atoms with E-state index in [1.807, 2.05) is 37.7 Å². The number of furan rings is 1. The second kappa shape index (κ2) is 5.61. The first-order chi connectivity index (χ1) is 11.5. The van der Waals surface area contributed by atoms with Crippen molar-refractivity contribution >= 4 is 17.7 Å². The number of hydrogen-bond acceptors (Lipinski definition) is 6. The molecule has 4 atom stereocenters. The van der Waals surface area contributed by atoms with E-state index in [1.165, 1.54) is 4.80 Å². The Bertz CT molecular complexity index is 759. The third kappa shape index (κ3) is 2.35. The average molecular weight is 348 g/mol. The summed E-state index contributed by atoms with van der Waals surface area (Å²) in [5.74, 6) is 4.01. The van der Waals surface area contributed by atoms with Crippen LogP contribution in [0.5, 0.6) is 0 Å². The number of tetrazole rings is 1. The molecule has 0 amide bonds. The number of fused-ring (bicyclic) bond motifs is 1. The molecule has 4 rings (SSSR count). The normalized spacial score (nSPS) is 30.4. The number of carbonyl (C=O) groups is 1. The molecule has 2 unspecified atom stereocenters. The first-order valence-electron chi connectivity index (χ1n) is 8.17. The van der Waals surface area contributed by atoms with Gasteiger partial charge in [-0.05, 0) is 67.4 Å². The van der Waals surface area contributed by atoms with Crippen molar-refractivity contribution in [3.05, 3.63) is 29.5 Å². The lowest BCUT2D eigenvalue weighted by Gasteiger charge is -2.23. The number of aliphatic carboxylic acids is 1. The van der Waals surface area contributed by atoms with Gasteiger partial charge in [-0.3, -0.25) is 0 Å². The van der Waals surface area contributed by atoms with Gasteiger partial charge in [0.2, 0.25) is 0 Å². The van der Waals surface area contributed by atoms with Crippen molar-refractivity contribution in [1.82, 2.24) is 20.2 Å². The molecule has 0 bridgehead atoms. The van der Waals surface area contributed by atoms with E-state index < -0.39 is 11.5 Å². The molecule has 7 nitrogen and oxygen atoms in total. The van der Waals surface area contributed by atoms with Crippen LogP contribution in [0.4, 0.5) is 0 Å². The van der Waals surface area contributed by atoms with Crippen molar-refractivity contribution in [3.8, 4) is 0 Å². The van der Waals surface area contributed by atoms with E-state index in [9.17, 15) is 9.90 Å². The van der Waals surface area contributed by atoms with Crippen LogP contribution in [0.1, 0.15) is 43.0 Å². The maximum absolute atomic E-state index is 12.1. The van der Waals surface area contributed by atoms with Gasteiger partial charge in [-0.2, -0.15) is 11.8 Å². The Morgan fingerprint density at radius 2 is 2.12 bits per heavy atom. The van der Waals surface area contributed by atoms with Gasteiger partial charge in [0.1, 0.15) is 11.5 Å². The average Bonchev–Trinajstić information content (AvgIpc) is 3.28. The predicted octanol–water partition coefficient (Wildman–Crippen LogP) is 2.28. The SMILES string of the molecule is Cc1ccc(C(C)c2nnn(C3(C(=O)O)C[C@H]4CSC[C@H]4C3)n2)o1. The second-order valence-corrected chi connectivity index (χ2v) is 7.98. The van der Waals surface area contributed by atoms with Crippen molar-refractivity contribution in [3.63, 3.8) is 0 Å². The summed E-state index contributed by atoms with van der Waals surface area (Å²) in [7, 11) is 0. The molecule has 2 aliphatic rings. The Labute approximate surface area is 143 Å². The smallest absolute Gasteiger partial charge is 0.333 e. The fourth-order valence-electron chi connectivity index (χ4n) is 3.86. The summed E-state index contributed by atoms with van der Waals surface area (Å²) in [6.45, 7) is 3.82. The lowest BCUT2D eigenvalue weighted by Crippen LogP contribution is -2.42. The Kier molecular flexibility index (Phi) is 3.67. The molecular weight excluding hydrogens is 328 g/mol. The van der Waals surface area contributed by atoms with E-state index in [4.69, 9.17) is 4.42 Å². The fourth-order valence-corrected chi connectivity index (χ4v) is 5.38. The zero-order chi connectivity index (χ0) is 16.9. The maximum Gasteiger partial charge on any atom is 0.333 e. The van der Waals surface area contributed by atoms with Gasteiger partial charge >= 0.3 is 5.97 Å². The molecule has 3 heterocycles. The van der Waals surface area contributed by atoms with E-state index in [0.717, 1.165) is 23.0 Å². The van der Waals surface area contributed by atoms with Crippen LogP contribution >= 0.6 is 11.8 Å². The third-order valence-electron chi connectivity index (χ3n) is 5.32. The van der Waals surface area contributed by atoms with Crippen molar-refractivity contribution in [2.45, 2.75) is 38.1 Å². The maximum atomic E-state index is 12.1. The molecule has 0 aromatic carbocycles. The number of aromatic nitrogens is 4. The van der Waals surface area contributed by atoms with E-state index in [1.54, 1.807) is 0 Å². The molecular formula is C16H20N4O3S. The van der Waals surface area contributed by atoms with Crippen LogP contribution in [0.25, 0.3) is 0 Å². The molecule has 1 saturated carbocycles. The van der Waals surface area contributed by atoms with Gasteiger partial charge in [0.05, 0.1) is 5.92 Å². The number of nitrogens with zero attached hydrogens (tertiary/aromatic N) is 4. The van der Waals surface area contributed by atoms with Crippen LogP contribution in [0, 0.1) is 18.8 Å². The highest BCUT2D eigenvalue weighted by atomic mass is 32.2. The van der Waals surface area contributed by atoms with Crippen LogP contribution in [0.15, 0.2) is 16.5 Å². The third-order valence-corrected chi connectivity index (χ3v) is 6.64. The Hall–Kier alpha value is -1.83. The van der Waals surface area contributed by atoms with Gasteiger partial charge in [-0.25, -0.2) is 4.79 Å². The highest BCUT2D eigenvalue weighted by Crippen LogP contribution is 2.50. The Morgan fingerprint density at radius 3 is 2.71 bits per heavy atom. The molecule has 2 aromatic rings. The molecule has 1 N–H and O–H groups in total. The van der Waals surface area contributed by atoms with Crippen LogP contribution < -0.4 is 0 Å². The monoisotopic (exact) mass is 348 g/mol. The molecule has 0 spiro atoms. The minimum absolute atomic E-state index is 0.158. The second-order valence-electron chi connectivity index (χ2n) is 6.91. The fraction of sp³-hybridized carbons (Fsp3) is 0.625. The number of aryl methyl sites for hydroxylation is 1. The van der Waals surface area contributed by atoms with Crippen molar-refractivity contribution < 1.29 is 14.3 Å². The van der Waals surface area contributed by atoms with E-state index in [0.29, 0.717) is 30.5 Å². The van der Waals surface area contributed by atoms with Crippen LogP contribution in [-0.4, -0.2) is 42.8 Å². The predicted molar refractivity (Wildman–Crippen MR) is 87.9 cm³/mol. The summed E-state index contributed by atoms with van der Waals surface area (Å²) >= 11 is 1.91. The van der Waals surface area contributed by atoms with Crippen molar-refractivity contribution in [2.75, 3.05) is 11.5 Å². The summed E-state index contributed by atoms with van der Waals surface area (Å²) in [6.07, 6.45) is 1.17. The topological polar surface area (TPSA) is 94.0 Å². The summed E-state index contributed by atoms with van der Waals surface area (Å²) < 4.78 is 5.63. The number of thioether (sulfide) groups is 1. The molecule has 1 saturated heterocycles. The highest BCUT2D eigenvalue weighted by Gasteiger charge is 2.55. The number of carboxylic acid groups (broad SMARTS) is 1. The molecule has 2 aromatic heterocycles. The molecule has 2 fully saturated rings. The summed E-state index contributed by atoms with van der Waals surface area (Å²) in [5, 5.41) is 22.6. The van der Waals surface area contributed by atoms with Crippen LogP contribution in [0.3, 0.4) is 0 Å². The highest BCUT2D eigenvalue weighted by molar-refractivity contribution is 7.99. The van der Waals surface area contributed by atoms with Gasteiger partial charge in [0, 0.05) is 0 Å². The number of carboxylic acids is 1. The van der Waals surface area contributed by atoms with Gasteiger partial charge in [0.25, 0.3) is 0 Å². The minimum atomic E-state index is -1.06. The standard InChI is InChI=1S/C16H20N4O3S/c1-9-3-4-13(23-9)10(2)14-17-19-20(18-14)16(15(21)22)5-11-7-24-8-12(11)6-16/h3-4,10-12H,5-8H2,1-2H3,(H,21,22)/t10?,11-,12+,16?. The van der Waals surface area contributed by atoms with Crippen LogP contribution in [-0.2, 0) is 10.3 Å². The van der Waals surface area contributed by atoms with Crippen molar-refractivity contribution in [2.24, 2.45) is 11.8 Å². The largest absolute Gasteiger partial charge is 0.479 e. The molecule has 1 aliphatic heterocycles. The van der Waals surface area contributed by atoms with Crippen molar-refractivity contribution in [1.29, 1.82) is 0 Å².